The van der Waals surface area contributed by atoms with Crippen LogP contribution >= 0.6 is 23.5 Å². The van der Waals surface area contributed by atoms with E-state index in [4.69, 9.17) is 0 Å². The third-order valence-electron chi connectivity index (χ3n) is 7.24. The normalized spacial score (nSPS) is 11.2. The van der Waals surface area contributed by atoms with Crippen LogP contribution < -0.4 is 0 Å². The fourth-order valence-electron chi connectivity index (χ4n) is 5.00. The van der Waals surface area contributed by atoms with Crippen molar-refractivity contribution < 1.29 is 0 Å². The molecule has 0 spiro atoms. The second-order valence-corrected chi connectivity index (χ2v) is 13.0. The van der Waals surface area contributed by atoms with Gasteiger partial charge in [-0.15, -0.1) is 0 Å². The summed E-state index contributed by atoms with van der Waals surface area (Å²) in [6.07, 6.45) is 24.1. The molecule has 3 aromatic rings. The fourth-order valence-corrected chi connectivity index (χ4v) is 6.94. The van der Waals surface area contributed by atoms with Crippen molar-refractivity contribution in [3.05, 3.63) is 84.4 Å². The largest absolute Gasteiger partial charge is 0.0901 e. The molecule has 2 heteroatoms. The Kier molecular flexibility index (Phi) is 16.5. The minimum Gasteiger partial charge on any atom is -0.0901 e. The summed E-state index contributed by atoms with van der Waals surface area (Å²) in [7, 11) is 0. The highest BCUT2D eigenvalue weighted by atomic mass is 32.2. The van der Waals surface area contributed by atoms with Gasteiger partial charge in [0.05, 0.1) is 0 Å². The van der Waals surface area contributed by atoms with E-state index in [0.29, 0.717) is 0 Å². The number of hydrogen-bond acceptors (Lipinski definition) is 2. The van der Waals surface area contributed by atoms with Gasteiger partial charge in [-0.2, -0.15) is 0 Å². The van der Waals surface area contributed by atoms with E-state index in [9.17, 15) is 0 Å². The molecule has 0 saturated carbocycles. The molecule has 0 nitrogen and oxygen atoms in total. The monoisotopic (exact) mass is 546 g/mol. The number of aryl methyl sites for hydroxylation is 1. The van der Waals surface area contributed by atoms with Gasteiger partial charge in [-0.1, -0.05) is 163 Å². The van der Waals surface area contributed by atoms with Gasteiger partial charge in [0.1, 0.15) is 0 Å². The highest BCUT2D eigenvalue weighted by Crippen LogP contribution is 2.34. The van der Waals surface area contributed by atoms with Crippen LogP contribution in [0.5, 0.6) is 0 Å². The summed E-state index contributed by atoms with van der Waals surface area (Å²) >= 11 is 3.71. The fraction of sp³-hybridized carbons (Fsp3) is 0.500. The van der Waals surface area contributed by atoms with Crippen LogP contribution in [0.4, 0.5) is 0 Å². The zero-order chi connectivity index (χ0) is 26.5. The number of rotatable bonds is 21. The first kappa shape index (κ1) is 30.9. The van der Waals surface area contributed by atoms with Gasteiger partial charge in [0, 0.05) is 19.6 Å². The first-order valence-electron chi connectivity index (χ1n) is 15.4. The molecule has 3 rings (SSSR count). The first-order chi connectivity index (χ1) is 18.8. The highest BCUT2D eigenvalue weighted by Gasteiger charge is 2.03. The Labute approximate surface area is 242 Å². The van der Waals surface area contributed by atoms with Crippen LogP contribution in [0.1, 0.15) is 115 Å². The molecular weight excluding hydrogens is 497 g/mol. The Morgan fingerprint density at radius 1 is 0.395 bits per heavy atom. The molecule has 0 heterocycles. The maximum atomic E-state index is 2.40. The van der Waals surface area contributed by atoms with Gasteiger partial charge in [-0.3, -0.25) is 0 Å². The van der Waals surface area contributed by atoms with Gasteiger partial charge in [-0.25, -0.2) is 0 Å². The molecule has 0 aliphatic heterocycles. The summed E-state index contributed by atoms with van der Waals surface area (Å²) in [6, 6.07) is 28.7. The molecule has 0 unspecified atom stereocenters. The quantitative estimate of drug-likeness (QED) is 0.122. The van der Waals surface area contributed by atoms with E-state index >= 15 is 0 Å². The van der Waals surface area contributed by atoms with Crippen LogP contribution in [0.25, 0.3) is 0 Å². The smallest absolute Gasteiger partial charge is 0.0133 e. The van der Waals surface area contributed by atoms with Gasteiger partial charge < -0.3 is 0 Å². The van der Waals surface area contributed by atoms with E-state index in [1.807, 2.05) is 23.5 Å². The first-order valence-corrected chi connectivity index (χ1v) is 17.1. The highest BCUT2D eigenvalue weighted by molar-refractivity contribution is 8.00. The van der Waals surface area contributed by atoms with Crippen molar-refractivity contribution in [2.24, 2.45) is 0 Å². The molecule has 206 valence electrons. The second-order valence-electron chi connectivity index (χ2n) is 10.7. The SMILES string of the molecule is CCCCCCCCCCCCCCCCCCc1cccc(Sc2cccc(Sc3ccccc3)c2)c1. The van der Waals surface area contributed by atoms with Crippen LogP contribution in [0.15, 0.2) is 98.4 Å². The molecule has 0 fully saturated rings. The number of hydrogen-bond donors (Lipinski definition) is 0. The zero-order valence-electron chi connectivity index (χ0n) is 23.8. The van der Waals surface area contributed by atoms with Crippen molar-refractivity contribution in [1.82, 2.24) is 0 Å². The van der Waals surface area contributed by atoms with Gasteiger partial charge in [0.25, 0.3) is 0 Å². The van der Waals surface area contributed by atoms with Crippen molar-refractivity contribution in [1.29, 1.82) is 0 Å². The summed E-state index contributed by atoms with van der Waals surface area (Å²) < 4.78 is 0. The van der Waals surface area contributed by atoms with E-state index in [1.165, 1.54) is 134 Å². The lowest BCUT2D eigenvalue weighted by Gasteiger charge is -2.08. The third kappa shape index (κ3) is 13.9. The predicted octanol–water partition coefficient (Wildman–Crippen LogP) is 12.8. The zero-order valence-corrected chi connectivity index (χ0v) is 25.5. The maximum absolute atomic E-state index is 2.40. The molecule has 0 aromatic heterocycles. The molecule has 0 saturated heterocycles. The van der Waals surface area contributed by atoms with Crippen molar-refractivity contribution in [2.45, 2.75) is 136 Å². The summed E-state index contributed by atoms with van der Waals surface area (Å²) in [5.74, 6) is 0. The minimum atomic E-state index is 1.21. The van der Waals surface area contributed by atoms with Crippen molar-refractivity contribution >= 4 is 23.5 Å². The van der Waals surface area contributed by atoms with Gasteiger partial charge in [0.2, 0.25) is 0 Å². The van der Waals surface area contributed by atoms with Crippen LogP contribution in [-0.2, 0) is 6.42 Å². The summed E-state index contributed by atoms with van der Waals surface area (Å²) in [5, 5.41) is 0. The molecule has 0 bridgehead atoms. The summed E-state index contributed by atoms with van der Waals surface area (Å²) in [6.45, 7) is 2.30. The predicted molar refractivity (Wildman–Crippen MR) is 171 cm³/mol. The average molecular weight is 547 g/mol. The van der Waals surface area contributed by atoms with E-state index in [-0.39, 0.29) is 0 Å². The Morgan fingerprint density at radius 3 is 1.37 bits per heavy atom. The minimum absolute atomic E-state index is 1.21. The standard InChI is InChI=1S/C36H50S2/c1-2-3-4-5-6-7-8-9-10-11-12-13-14-15-16-18-23-32-24-21-27-34(30-32)38-36-29-22-28-35(31-36)37-33-25-19-17-20-26-33/h17,19-22,24-31H,2-16,18,23H2,1H3. The molecule has 38 heavy (non-hydrogen) atoms. The number of benzene rings is 3. The Morgan fingerprint density at radius 2 is 0.816 bits per heavy atom. The Bertz CT molecular complexity index is 981. The Hall–Kier alpha value is -1.64. The summed E-state index contributed by atoms with van der Waals surface area (Å²) in [4.78, 5) is 5.24. The average Bonchev–Trinajstić information content (AvgIpc) is 2.94. The molecule has 3 aromatic carbocycles. The van der Waals surface area contributed by atoms with E-state index in [0.717, 1.165) is 0 Å². The van der Waals surface area contributed by atoms with Crippen LogP contribution in [0.3, 0.4) is 0 Å². The van der Waals surface area contributed by atoms with Crippen molar-refractivity contribution in [2.75, 3.05) is 0 Å². The van der Waals surface area contributed by atoms with E-state index in [2.05, 4.69) is 85.8 Å². The summed E-state index contributed by atoms with van der Waals surface area (Å²) in [5.41, 5.74) is 1.48. The molecule has 0 aliphatic rings. The molecule has 0 radical (unpaired) electrons. The van der Waals surface area contributed by atoms with E-state index in [1.54, 1.807) is 0 Å². The van der Waals surface area contributed by atoms with Gasteiger partial charge in [0.15, 0.2) is 0 Å². The topological polar surface area (TPSA) is 0 Å². The third-order valence-corrected chi connectivity index (χ3v) is 9.21. The second kappa shape index (κ2) is 20.3. The molecule has 0 amide bonds. The van der Waals surface area contributed by atoms with Crippen LogP contribution in [0.2, 0.25) is 0 Å². The van der Waals surface area contributed by atoms with Crippen LogP contribution in [0, 0.1) is 0 Å². The molecule has 0 aliphatic carbocycles. The van der Waals surface area contributed by atoms with Gasteiger partial charge >= 0.3 is 0 Å². The lowest BCUT2D eigenvalue weighted by atomic mass is 10.0. The van der Waals surface area contributed by atoms with Gasteiger partial charge in [-0.05, 0) is 60.9 Å². The Balaban J connectivity index is 1.22. The van der Waals surface area contributed by atoms with Crippen LogP contribution in [-0.4, -0.2) is 0 Å². The lowest BCUT2D eigenvalue weighted by molar-refractivity contribution is 0.529. The molecule has 0 atom stereocenters. The molecular formula is C36H50S2. The van der Waals surface area contributed by atoms with E-state index < -0.39 is 0 Å². The number of unbranched alkanes of at least 4 members (excludes halogenated alkanes) is 15. The molecule has 0 N–H and O–H groups in total. The van der Waals surface area contributed by atoms with Crippen molar-refractivity contribution in [3.63, 3.8) is 0 Å². The maximum Gasteiger partial charge on any atom is 0.0133 e. The lowest BCUT2D eigenvalue weighted by Crippen LogP contribution is -1.87. The van der Waals surface area contributed by atoms with Crippen molar-refractivity contribution in [3.8, 4) is 0 Å².